The highest BCUT2D eigenvalue weighted by atomic mass is 35.5. The first-order chi connectivity index (χ1) is 12.0. The Hall–Kier alpha value is -2.22. The van der Waals surface area contributed by atoms with Crippen molar-refractivity contribution in [2.24, 2.45) is 7.05 Å². The summed E-state index contributed by atoms with van der Waals surface area (Å²) in [5.41, 5.74) is 0.294. The summed E-state index contributed by atoms with van der Waals surface area (Å²) >= 11 is 5.96. The molecular formula is C20H21ClN2O2. The highest BCUT2D eigenvalue weighted by molar-refractivity contribution is 6.30. The first-order valence-electron chi connectivity index (χ1n) is 8.38. The third-order valence-corrected chi connectivity index (χ3v) is 4.74. The molecule has 1 heterocycles. The second-order valence-electron chi connectivity index (χ2n) is 6.56. The minimum absolute atomic E-state index is 0.0881. The summed E-state index contributed by atoms with van der Waals surface area (Å²) in [5.74, 6) is 5.87. The van der Waals surface area contributed by atoms with E-state index in [0.717, 1.165) is 18.4 Å². The van der Waals surface area contributed by atoms with Gasteiger partial charge < -0.3 is 15.0 Å². The monoisotopic (exact) mass is 356 g/mol. The molecular weight excluding hydrogens is 336 g/mol. The highest BCUT2D eigenvalue weighted by Crippen LogP contribution is 2.28. The van der Waals surface area contributed by atoms with E-state index < -0.39 is 5.60 Å². The van der Waals surface area contributed by atoms with Crippen LogP contribution >= 0.6 is 11.6 Å². The lowest BCUT2D eigenvalue weighted by Gasteiger charge is -2.33. The third-order valence-electron chi connectivity index (χ3n) is 4.50. The Morgan fingerprint density at radius 3 is 2.96 bits per heavy atom. The highest BCUT2D eigenvalue weighted by Gasteiger charge is 2.33. The van der Waals surface area contributed by atoms with Crippen molar-refractivity contribution in [1.29, 1.82) is 0 Å². The Bertz CT molecular complexity index is 833. The largest absolute Gasteiger partial charge is 0.378 e. The molecule has 0 aliphatic heterocycles. The van der Waals surface area contributed by atoms with Crippen LogP contribution in [0.25, 0.3) is 0 Å². The molecule has 5 heteroatoms. The quantitative estimate of drug-likeness (QED) is 0.812. The molecule has 1 aromatic carbocycles. The van der Waals surface area contributed by atoms with E-state index >= 15 is 0 Å². The Morgan fingerprint density at radius 2 is 2.24 bits per heavy atom. The molecule has 1 aliphatic carbocycles. The van der Waals surface area contributed by atoms with Crippen molar-refractivity contribution in [3.63, 3.8) is 0 Å². The summed E-state index contributed by atoms with van der Waals surface area (Å²) in [6.07, 6.45) is 4.53. The van der Waals surface area contributed by atoms with E-state index in [-0.39, 0.29) is 11.9 Å². The second kappa shape index (κ2) is 7.35. The fraction of sp³-hybridized carbons (Fsp3) is 0.350. The molecule has 1 aromatic heterocycles. The van der Waals surface area contributed by atoms with Gasteiger partial charge in [0.05, 0.1) is 0 Å². The van der Waals surface area contributed by atoms with Crippen molar-refractivity contribution in [1.82, 2.24) is 9.88 Å². The van der Waals surface area contributed by atoms with Crippen LogP contribution in [-0.2, 0) is 7.05 Å². The van der Waals surface area contributed by atoms with Gasteiger partial charge in [-0.3, -0.25) is 4.79 Å². The zero-order valence-electron chi connectivity index (χ0n) is 14.1. The van der Waals surface area contributed by atoms with Crippen molar-refractivity contribution in [2.75, 3.05) is 0 Å². The van der Waals surface area contributed by atoms with E-state index in [4.69, 9.17) is 11.6 Å². The van der Waals surface area contributed by atoms with Gasteiger partial charge in [-0.05, 0) is 49.6 Å². The van der Waals surface area contributed by atoms with Crippen LogP contribution < -0.4 is 5.32 Å². The molecule has 0 spiro atoms. The first kappa shape index (κ1) is 17.6. The Kier molecular flexibility index (Phi) is 5.17. The maximum absolute atomic E-state index is 12.4. The number of rotatable bonds is 2. The van der Waals surface area contributed by atoms with Crippen molar-refractivity contribution in [2.45, 2.75) is 37.3 Å². The average Bonchev–Trinajstić information content (AvgIpc) is 2.99. The number of carbonyl (C=O) groups excluding carboxylic acids is 1. The molecule has 4 nitrogen and oxygen atoms in total. The zero-order chi connectivity index (χ0) is 17.9. The van der Waals surface area contributed by atoms with Gasteiger partial charge in [0.25, 0.3) is 5.91 Å². The molecule has 0 radical (unpaired) electrons. The van der Waals surface area contributed by atoms with Crippen molar-refractivity contribution in [3.8, 4) is 11.8 Å². The number of carbonyl (C=O) groups is 1. The molecule has 130 valence electrons. The fourth-order valence-corrected chi connectivity index (χ4v) is 3.39. The van der Waals surface area contributed by atoms with Gasteiger partial charge in [-0.2, -0.15) is 0 Å². The van der Waals surface area contributed by atoms with Crippen LogP contribution in [0.5, 0.6) is 0 Å². The van der Waals surface area contributed by atoms with Crippen LogP contribution in [0.2, 0.25) is 5.02 Å². The summed E-state index contributed by atoms with van der Waals surface area (Å²) in [4.78, 5) is 12.4. The van der Waals surface area contributed by atoms with Gasteiger partial charge in [0, 0.05) is 36.3 Å². The van der Waals surface area contributed by atoms with Gasteiger partial charge in [0.1, 0.15) is 11.3 Å². The lowest BCUT2D eigenvalue weighted by molar-refractivity contribution is 0.0451. The van der Waals surface area contributed by atoms with E-state index in [1.54, 1.807) is 22.8 Å². The molecule has 1 fully saturated rings. The van der Waals surface area contributed by atoms with E-state index in [1.165, 1.54) is 0 Å². The summed E-state index contributed by atoms with van der Waals surface area (Å²) in [6.45, 7) is 0. The van der Waals surface area contributed by atoms with Gasteiger partial charge in [-0.25, -0.2) is 0 Å². The molecule has 0 saturated heterocycles. The van der Waals surface area contributed by atoms with Crippen LogP contribution in [-0.4, -0.2) is 27.2 Å². The van der Waals surface area contributed by atoms with Crippen LogP contribution in [0.3, 0.4) is 0 Å². The number of aryl methyl sites for hydroxylation is 1. The van der Waals surface area contributed by atoms with Crippen molar-refractivity contribution >= 4 is 17.5 Å². The number of nitrogens with one attached hydrogen (secondary N) is 1. The van der Waals surface area contributed by atoms with Crippen molar-refractivity contribution in [3.05, 3.63) is 58.9 Å². The second-order valence-corrected chi connectivity index (χ2v) is 7.00. The van der Waals surface area contributed by atoms with Gasteiger partial charge in [-0.15, -0.1) is 0 Å². The normalized spacial score (nSPS) is 22.8. The standard InChI is InChI=1S/C20H21ClN2O2/c1-23-12-4-8-18(23)19(24)22-17-7-3-10-20(25,14-17)11-9-15-5-2-6-16(21)13-15/h2,4-6,8,12-13,17,25H,3,7,10,14H2,1H3,(H,22,24)/t17-,20?/m0/s1. The van der Waals surface area contributed by atoms with Crippen LogP contribution in [0, 0.1) is 11.8 Å². The number of aliphatic hydroxyl groups is 1. The summed E-state index contributed by atoms with van der Waals surface area (Å²) < 4.78 is 1.78. The molecule has 2 aromatic rings. The predicted molar refractivity (Wildman–Crippen MR) is 98.4 cm³/mol. The number of nitrogens with zero attached hydrogens (tertiary/aromatic N) is 1. The van der Waals surface area contributed by atoms with Gasteiger partial charge in [0.15, 0.2) is 0 Å². The predicted octanol–water partition coefficient (Wildman–Crippen LogP) is 3.13. The maximum Gasteiger partial charge on any atom is 0.268 e. The van der Waals surface area contributed by atoms with Crippen LogP contribution in [0.4, 0.5) is 0 Å². The maximum atomic E-state index is 12.4. The van der Waals surface area contributed by atoms with Crippen LogP contribution in [0.1, 0.15) is 41.7 Å². The first-order valence-corrected chi connectivity index (χ1v) is 8.76. The van der Waals surface area contributed by atoms with E-state index in [0.29, 0.717) is 23.6 Å². The number of aromatic nitrogens is 1. The minimum atomic E-state index is -1.09. The Morgan fingerprint density at radius 1 is 1.40 bits per heavy atom. The van der Waals surface area contributed by atoms with Crippen LogP contribution in [0.15, 0.2) is 42.6 Å². The summed E-state index contributed by atoms with van der Waals surface area (Å²) in [6, 6.07) is 10.8. The molecule has 1 saturated carbocycles. The summed E-state index contributed by atoms with van der Waals surface area (Å²) in [7, 11) is 1.84. The Labute approximate surface area is 152 Å². The molecule has 1 amide bonds. The van der Waals surface area contributed by atoms with Gasteiger partial charge in [-0.1, -0.05) is 29.5 Å². The molecule has 1 aliphatic rings. The fourth-order valence-electron chi connectivity index (χ4n) is 3.20. The van der Waals surface area contributed by atoms with E-state index in [1.807, 2.05) is 31.4 Å². The average molecular weight is 357 g/mol. The van der Waals surface area contributed by atoms with Crippen molar-refractivity contribution < 1.29 is 9.90 Å². The molecule has 2 N–H and O–H groups in total. The number of benzene rings is 1. The molecule has 25 heavy (non-hydrogen) atoms. The number of halogens is 1. The van der Waals surface area contributed by atoms with E-state index in [2.05, 4.69) is 17.2 Å². The van der Waals surface area contributed by atoms with Gasteiger partial charge in [0.2, 0.25) is 0 Å². The molecule has 2 atom stereocenters. The molecule has 1 unspecified atom stereocenters. The minimum Gasteiger partial charge on any atom is -0.378 e. The SMILES string of the molecule is Cn1cccc1C(=O)N[C@H]1CCCC(O)(C#Cc2cccc(Cl)c2)C1. The lowest BCUT2D eigenvalue weighted by Crippen LogP contribution is -2.45. The lowest BCUT2D eigenvalue weighted by atomic mass is 9.82. The number of hydrogen-bond donors (Lipinski definition) is 2. The van der Waals surface area contributed by atoms with E-state index in [9.17, 15) is 9.90 Å². The zero-order valence-corrected chi connectivity index (χ0v) is 14.9. The number of amides is 1. The topological polar surface area (TPSA) is 54.3 Å². The Balaban J connectivity index is 1.68. The number of hydrogen-bond acceptors (Lipinski definition) is 2. The molecule has 0 bridgehead atoms. The smallest absolute Gasteiger partial charge is 0.268 e. The molecule has 3 rings (SSSR count). The summed E-state index contributed by atoms with van der Waals surface area (Å²) in [5, 5.41) is 14.4. The van der Waals surface area contributed by atoms with Gasteiger partial charge >= 0.3 is 0 Å². The third kappa shape index (κ3) is 4.45.